The number of allylic oxidation sites excluding steroid dienone is 1. The van der Waals surface area contributed by atoms with Gasteiger partial charge in [-0.05, 0) is 50.4 Å². The Morgan fingerprint density at radius 3 is 1.86 bits per heavy atom. The predicted molar refractivity (Wildman–Crippen MR) is 69.0 cm³/mol. The average molecular weight is 215 g/mol. The van der Waals surface area contributed by atoms with Crippen molar-refractivity contribution in [2.24, 2.45) is 5.92 Å². The van der Waals surface area contributed by atoms with E-state index in [1.807, 2.05) is 0 Å². The Kier molecular flexibility index (Phi) is 3.25. The van der Waals surface area contributed by atoms with Gasteiger partial charge < -0.3 is 4.90 Å². The Balaban J connectivity index is 2.70. The Labute approximate surface area is 90.9 Å². The van der Waals surface area contributed by atoms with Crippen molar-refractivity contribution in [3.63, 3.8) is 0 Å². The molecule has 1 aliphatic rings. The van der Waals surface area contributed by atoms with Crippen molar-refractivity contribution in [1.82, 2.24) is 4.90 Å². The topological polar surface area (TPSA) is 3.24 Å². The van der Waals surface area contributed by atoms with Crippen LogP contribution in [0, 0.1) is 5.92 Å². The van der Waals surface area contributed by atoms with E-state index in [0.29, 0.717) is 0 Å². The normalized spacial score (nSPS) is 35.5. The number of likely N-dealkylation sites (tertiary alicyclic amines) is 1. The monoisotopic (exact) mass is 215 g/mol. The minimum atomic E-state index is -0.519. The van der Waals surface area contributed by atoms with E-state index >= 15 is 0 Å². The van der Waals surface area contributed by atoms with Crippen LogP contribution in [0.15, 0.2) is 11.1 Å². The highest BCUT2D eigenvalue weighted by Gasteiger charge is 2.37. The van der Waals surface area contributed by atoms with Gasteiger partial charge in [0.05, 0.1) is 0 Å². The molecule has 1 rings (SSSR count). The smallest absolute Gasteiger partial charge is 0.0304 e. The lowest BCUT2D eigenvalue weighted by atomic mass is 9.84. The molecule has 0 bridgehead atoms. The van der Waals surface area contributed by atoms with Gasteiger partial charge in [0.2, 0.25) is 0 Å². The largest absolute Gasteiger partial charge is 0.371 e. The number of rotatable bonds is 2. The first kappa shape index (κ1) is 12.0. The highest BCUT2D eigenvalue weighted by Crippen LogP contribution is 2.45. The fraction of sp³-hybridized carbons (Fsp3) is 0.833. The SMILES string of the molecule is C/C(=C\N1C(C)C(C)C1C)S(C)(C)C. The van der Waals surface area contributed by atoms with Crippen LogP contribution in [0.3, 0.4) is 0 Å². The zero-order valence-corrected chi connectivity index (χ0v) is 11.5. The van der Waals surface area contributed by atoms with E-state index in [4.69, 9.17) is 0 Å². The zero-order chi connectivity index (χ0) is 11.1. The standard InChI is InChI=1S/C12H25NS/c1-9(14(5,6)7)8-13-11(3)10(2)12(13)4/h8,10-12H,1-7H3/b9-8+. The van der Waals surface area contributed by atoms with E-state index in [1.54, 1.807) is 4.91 Å². The average Bonchev–Trinajstić information content (AvgIpc) is 2.10. The molecule has 1 fully saturated rings. The van der Waals surface area contributed by atoms with Crippen LogP contribution in [0.4, 0.5) is 0 Å². The molecule has 0 saturated carbocycles. The van der Waals surface area contributed by atoms with Gasteiger partial charge in [-0.3, -0.25) is 0 Å². The Morgan fingerprint density at radius 1 is 1.07 bits per heavy atom. The summed E-state index contributed by atoms with van der Waals surface area (Å²) in [6.07, 6.45) is 9.47. The van der Waals surface area contributed by atoms with Crippen molar-refractivity contribution >= 4 is 10.0 Å². The van der Waals surface area contributed by atoms with Crippen molar-refractivity contribution in [1.29, 1.82) is 0 Å². The summed E-state index contributed by atoms with van der Waals surface area (Å²) < 4.78 is 0. The maximum absolute atomic E-state index is 2.51. The summed E-state index contributed by atoms with van der Waals surface area (Å²) >= 11 is 0. The van der Waals surface area contributed by atoms with Gasteiger partial charge in [-0.2, -0.15) is 0 Å². The van der Waals surface area contributed by atoms with Crippen LogP contribution in [0.1, 0.15) is 27.7 Å². The van der Waals surface area contributed by atoms with E-state index in [2.05, 4.69) is 57.6 Å². The van der Waals surface area contributed by atoms with E-state index in [1.165, 1.54) is 0 Å². The molecule has 0 aromatic rings. The van der Waals surface area contributed by atoms with Crippen LogP contribution in [0.2, 0.25) is 0 Å². The van der Waals surface area contributed by atoms with Gasteiger partial charge in [-0.15, -0.1) is 0 Å². The molecule has 0 radical (unpaired) electrons. The molecule has 14 heavy (non-hydrogen) atoms. The third-order valence-corrected chi connectivity index (χ3v) is 5.80. The second kappa shape index (κ2) is 3.80. The molecule has 84 valence electrons. The lowest BCUT2D eigenvalue weighted by molar-refractivity contribution is 0.0199. The van der Waals surface area contributed by atoms with Crippen LogP contribution in [0.25, 0.3) is 0 Å². The highest BCUT2D eigenvalue weighted by atomic mass is 32.3. The first-order chi connectivity index (χ1) is 6.25. The summed E-state index contributed by atoms with van der Waals surface area (Å²) in [5, 5.41) is 0. The number of hydrogen-bond acceptors (Lipinski definition) is 1. The van der Waals surface area contributed by atoms with Crippen LogP contribution in [-0.2, 0) is 0 Å². The first-order valence-corrected chi connectivity index (χ1v) is 8.25. The quantitative estimate of drug-likeness (QED) is 0.683. The van der Waals surface area contributed by atoms with Gasteiger partial charge in [0, 0.05) is 18.3 Å². The second-order valence-corrected chi connectivity index (χ2v) is 9.68. The fourth-order valence-electron chi connectivity index (χ4n) is 1.82. The minimum Gasteiger partial charge on any atom is -0.371 e. The molecule has 1 saturated heterocycles. The second-order valence-electron chi connectivity index (χ2n) is 5.36. The van der Waals surface area contributed by atoms with Crippen LogP contribution in [0.5, 0.6) is 0 Å². The lowest BCUT2D eigenvalue weighted by Gasteiger charge is -2.52. The summed E-state index contributed by atoms with van der Waals surface area (Å²) in [6, 6.07) is 1.45. The Hall–Kier alpha value is -0.110. The molecule has 0 spiro atoms. The van der Waals surface area contributed by atoms with Crippen molar-refractivity contribution < 1.29 is 0 Å². The lowest BCUT2D eigenvalue weighted by Crippen LogP contribution is -2.57. The number of nitrogens with zero attached hydrogens (tertiary/aromatic N) is 1. The van der Waals surface area contributed by atoms with Gasteiger partial charge in [0.25, 0.3) is 0 Å². The van der Waals surface area contributed by atoms with Crippen molar-refractivity contribution in [2.75, 3.05) is 18.8 Å². The summed E-state index contributed by atoms with van der Waals surface area (Å²) in [5.74, 6) is 0.842. The highest BCUT2D eigenvalue weighted by molar-refractivity contribution is 8.35. The van der Waals surface area contributed by atoms with E-state index in [9.17, 15) is 0 Å². The van der Waals surface area contributed by atoms with E-state index in [0.717, 1.165) is 18.0 Å². The molecule has 0 aromatic heterocycles. The van der Waals surface area contributed by atoms with Crippen molar-refractivity contribution in [3.05, 3.63) is 11.1 Å². The molecule has 0 N–H and O–H groups in total. The van der Waals surface area contributed by atoms with Crippen LogP contribution >= 0.6 is 10.0 Å². The minimum absolute atomic E-state index is 0.519. The van der Waals surface area contributed by atoms with Gasteiger partial charge in [-0.1, -0.05) is 6.92 Å². The zero-order valence-electron chi connectivity index (χ0n) is 10.7. The molecule has 0 aromatic carbocycles. The molecule has 0 amide bonds. The maximum atomic E-state index is 2.51. The molecule has 1 nitrogen and oxygen atoms in total. The third kappa shape index (κ3) is 2.10. The summed E-state index contributed by atoms with van der Waals surface area (Å²) in [7, 11) is -0.519. The molecule has 1 heterocycles. The molecule has 2 atom stereocenters. The molecule has 2 unspecified atom stereocenters. The third-order valence-electron chi connectivity index (χ3n) is 3.76. The molecule has 0 aliphatic carbocycles. The Bertz CT molecular complexity index is 229. The first-order valence-electron chi connectivity index (χ1n) is 5.39. The fourth-order valence-corrected chi connectivity index (χ4v) is 2.26. The van der Waals surface area contributed by atoms with Gasteiger partial charge >= 0.3 is 0 Å². The van der Waals surface area contributed by atoms with Gasteiger partial charge in [-0.25, -0.2) is 10.0 Å². The number of hydrogen-bond donors (Lipinski definition) is 0. The van der Waals surface area contributed by atoms with E-state index in [-0.39, 0.29) is 0 Å². The summed E-state index contributed by atoms with van der Waals surface area (Å²) in [4.78, 5) is 4.07. The predicted octanol–water partition coefficient (Wildman–Crippen LogP) is 3.27. The van der Waals surface area contributed by atoms with Crippen LogP contribution in [-0.4, -0.2) is 35.8 Å². The van der Waals surface area contributed by atoms with Gasteiger partial charge in [0.1, 0.15) is 0 Å². The van der Waals surface area contributed by atoms with Crippen LogP contribution < -0.4 is 0 Å². The summed E-state index contributed by atoms with van der Waals surface area (Å²) in [5.41, 5.74) is 0. The van der Waals surface area contributed by atoms with E-state index < -0.39 is 10.0 Å². The van der Waals surface area contributed by atoms with Crippen molar-refractivity contribution in [2.45, 2.75) is 39.8 Å². The van der Waals surface area contributed by atoms with Gasteiger partial charge in [0.15, 0.2) is 0 Å². The molecular formula is C12H25NS. The molecular weight excluding hydrogens is 190 g/mol. The Morgan fingerprint density at radius 2 is 1.50 bits per heavy atom. The molecule has 1 aliphatic heterocycles. The van der Waals surface area contributed by atoms with Crippen molar-refractivity contribution in [3.8, 4) is 0 Å². The maximum Gasteiger partial charge on any atom is 0.0304 e. The summed E-state index contributed by atoms with van der Waals surface area (Å²) in [6.45, 7) is 9.27. The molecule has 2 heteroatoms.